The summed E-state index contributed by atoms with van der Waals surface area (Å²) in [6.07, 6.45) is 0. The molecular formula is C43H25N3S2. The number of aromatic nitrogens is 2. The molecule has 0 unspecified atom stereocenters. The van der Waals surface area contributed by atoms with E-state index >= 15 is 0 Å². The number of rotatable bonds is 5. The van der Waals surface area contributed by atoms with Crippen molar-refractivity contribution in [3.63, 3.8) is 0 Å². The first-order chi connectivity index (χ1) is 23.7. The Labute approximate surface area is 285 Å². The van der Waals surface area contributed by atoms with Gasteiger partial charge in [-0.15, -0.1) is 22.7 Å². The minimum absolute atomic E-state index is 0.677. The molecule has 48 heavy (non-hydrogen) atoms. The minimum atomic E-state index is 0.677. The molecule has 224 valence electrons. The van der Waals surface area contributed by atoms with Gasteiger partial charge in [0.2, 0.25) is 0 Å². The SMILES string of the molecule is N#Cc1ccc2cc(-c3ccc(-c4cc(-c5ccc(-c6nc7ccccc7s6)cc5)cc(-c5nc6ccccc6s5)c4)cc3)ccc2c1. The summed E-state index contributed by atoms with van der Waals surface area (Å²) in [5.74, 6) is 0. The molecular weight excluding hydrogens is 623 g/mol. The lowest BCUT2D eigenvalue weighted by atomic mass is 9.94. The van der Waals surface area contributed by atoms with E-state index in [0.29, 0.717) is 5.56 Å². The van der Waals surface area contributed by atoms with Crippen LogP contribution in [0, 0.1) is 11.3 Å². The molecule has 9 aromatic rings. The smallest absolute Gasteiger partial charge is 0.124 e. The van der Waals surface area contributed by atoms with E-state index in [2.05, 4.69) is 127 Å². The lowest BCUT2D eigenvalue weighted by Gasteiger charge is -2.11. The van der Waals surface area contributed by atoms with Gasteiger partial charge in [0.15, 0.2) is 0 Å². The molecule has 2 heterocycles. The molecule has 9 rings (SSSR count). The molecule has 7 aromatic carbocycles. The van der Waals surface area contributed by atoms with Crippen molar-refractivity contribution in [2.45, 2.75) is 0 Å². The van der Waals surface area contributed by atoms with Crippen LogP contribution in [-0.2, 0) is 0 Å². The van der Waals surface area contributed by atoms with E-state index in [-0.39, 0.29) is 0 Å². The summed E-state index contributed by atoms with van der Waals surface area (Å²) in [6.45, 7) is 0. The number of fused-ring (bicyclic) bond motifs is 3. The summed E-state index contributed by atoms with van der Waals surface area (Å²) >= 11 is 3.45. The molecule has 0 saturated carbocycles. The van der Waals surface area contributed by atoms with Gasteiger partial charge in [0.25, 0.3) is 0 Å². The molecule has 0 aliphatic heterocycles. The van der Waals surface area contributed by atoms with Gasteiger partial charge in [0.05, 0.1) is 32.1 Å². The second kappa shape index (κ2) is 11.7. The van der Waals surface area contributed by atoms with E-state index in [9.17, 15) is 5.26 Å². The third kappa shape index (κ3) is 5.24. The van der Waals surface area contributed by atoms with Crippen molar-refractivity contribution in [2.75, 3.05) is 0 Å². The quantitative estimate of drug-likeness (QED) is 0.187. The summed E-state index contributed by atoms with van der Waals surface area (Å²) in [5, 5.41) is 13.5. The van der Waals surface area contributed by atoms with Crippen molar-refractivity contribution in [1.29, 1.82) is 5.26 Å². The van der Waals surface area contributed by atoms with Gasteiger partial charge in [0.1, 0.15) is 10.0 Å². The van der Waals surface area contributed by atoms with Crippen molar-refractivity contribution in [3.05, 3.63) is 157 Å². The van der Waals surface area contributed by atoms with E-state index in [1.807, 2.05) is 30.3 Å². The Morgan fingerprint density at radius 3 is 1.44 bits per heavy atom. The molecule has 0 aliphatic rings. The van der Waals surface area contributed by atoms with Gasteiger partial charge in [-0.25, -0.2) is 9.97 Å². The Balaban J connectivity index is 1.10. The van der Waals surface area contributed by atoms with Gasteiger partial charge in [-0.05, 0) is 105 Å². The van der Waals surface area contributed by atoms with Crippen LogP contribution in [-0.4, -0.2) is 9.97 Å². The second-order valence-electron chi connectivity index (χ2n) is 11.8. The van der Waals surface area contributed by atoms with Gasteiger partial charge in [-0.3, -0.25) is 0 Å². The maximum Gasteiger partial charge on any atom is 0.124 e. The van der Waals surface area contributed by atoms with Gasteiger partial charge in [0, 0.05) is 11.1 Å². The molecule has 0 N–H and O–H groups in total. The van der Waals surface area contributed by atoms with Crippen LogP contribution >= 0.6 is 22.7 Å². The van der Waals surface area contributed by atoms with Crippen LogP contribution in [0.1, 0.15) is 5.56 Å². The van der Waals surface area contributed by atoms with Crippen molar-refractivity contribution >= 4 is 53.9 Å². The first-order valence-corrected chi connectivity index (χ1v) is 17.3. The highest BCUT2D eigenvalue weighted by Gasteiger charge is 2.13. The maximum atomic E-state index is 9.27. The lowest BCUT2D eigenvalue weighted by Crippen LogP contribution is -1.87. The number of hydrogen-bond donors (Lipinski definition) is 0. The Morgan fingerprint density at radius 2 is 0.854 bits per heavy atom. The van der Waals surface area contributed by atoms with Crippen molar-refractivity contribution in [3.8, 4) is 60.6 Å². The molecule has 0 amide bonds. The summed E-state index contributed by atoms with van der Waals surface area (Å²) in [5.41, 5.74) is 11.9. The first kappa shape index (κ1) is 28.3. The summed E-state index contributed by atoms with van der Waals surface area (Å²) in [6, 6.07) is 55.4. The Kier molecular flexibility index (Phi) is 6.90. The number of nitriles is 1. The monoisotopic (exact) mass is 647 g/mol. The Hall–Kier alpha value is -5.93. The Bertz CT molecular complexity index is 2610. The van der Waals surface area contributed by atoms with E-state index in [1.165, 1.54) is 9.40 Å². The third-order valence-corrected chi connectivity index (χ3v) is 10.9. The van der Waals surface area contributed by atoms with E-state index in [0.717, 1.165) is 76.3 Å². The van der Waals surface area contributed by atoms with Crippen molar-refractivity contribution < 1.29 is 0 Å². The van der Waals surface area contributed by atoms with E-state index < -0.39 is 0 Å². The number of para-hydroxylation sites is 2. The zero-order valence-electron chi connectivity index (χ0n) is 25.6. The average molecular weight is 648 g/mol. The number of hydrogen-bond acceptors (Lipinski definition) is 5. The highest BCUT2D eigenvalue weighted by Crippen LogP contribution is 2.38. The fourth-order valence-electron chi connectivity index (χ4n) is 6.23. The first-order valence-electron chi connectivity index (χ1n) is 15.7. The molecule has 0 radical (unpaired) electrons. The molecule has 0 spiro atoms. The summed E-state index contributed by atoms with van der Waals surface area (Å²) in [7, 11) is 0. The lowest BCUT2D eigenvalue weighted by molar-refractivity contribution is 1.47. The van der Waals surface area contributed by atoms with Crippen LogP contribution in [0.15, 0.2) is 152 Å². The third-order valence-electron chi connectivity index (χ3n) is 8.75. The number of nitrogens with zero attached hydrogens (tertiary/aromatic N) is 3. The summed E-state index contributed by atoms with van der Waals surface area (Å²) < 4.78 is 2.38. The van der Waals surface area contributed by atoms with Crippen LogP contribution < -0.4 is 0 Å². The maximum absolute atomic E-state index is 9.27. The van der Waals surface area contributed by atoms with Gasteiger partial charge in [-0.1, -0.05) is 91.0 Å². The minimum Gasteiger partial charge on any atom is -0.236 e. The zero-order valence-corrected chi connectivity index (χ0v) is 27.2. The predicted octanol–water partition coefficient (Wildman–Crippen LogP) is 12.3. The molecule has 0 fully saturated rings. The molecule has 3 nitrogen and oxygen atoms in total. The fourth-order valence-corrected chi connectivity index (χ4v) is 8.15. The van der Waals surface area contributed by atoms with Crippen LogP contribution in [0.4, 0.5) is 0 Å². The van der Waals surface area contributed by atoms with Crippen molar-refractivity contribution in [1.82, 2.24) is 9.97 Å². The van der Waals surface area contributed by atoms with Gasteiger partial charge in [-0.2, -0.15) is 5.26 Å². The molecule has 2 aromatic heterocycles. The fraction of sp³-hybridized carbons (Fsp3) is 0. The van der Waals surface area contributed by atoms with Gasteiger partial charge < -0.3 is 0 Å². The molecule has 5 heteroatoms. The topological polar surface area (TPSA) is 49.6 Å². The van der Waals surface area contributed by atoms with Gasteiger partial charge >= 0.3 is 0 Å². The molecule has 0 atom stereocenters. The van der Waals surface area contributed by atoms with Crippen LogP contribution in [0.2, 0.25) is 0 Å². The Morgan fingerprint density at radius 1 is 0.396 bits per heavy atom. The zero-order chi connectivity index (χ0) is 32.0. The molecule has 0 aliphatic carbocycles. The normalized spacial score (nSPS) is 11.3. The standard InChI is InChI=1S/C43H25N3S2/c44-26-27-9-10-34-22-33(20-19-32(34)21-27)28-11-13-29(14-12-28)35-23-36(25-37(24-35)43-46-39-6-2-4-8-41(39)48-43)30-15-17-31(18-16-30)42-45-38-5-1-3-7-40(38)47-42/h1-25H. The second-order valence-corrected chi connectivity index (χ2v) is 13.9. The average Bonchev–Trinajstić information content (AvgIpc) is 3.80. The molecule has 0 saturated heterocycles. The van der Waals surface area contributed by atoms with Crippen LogP contribution in [0.5, 0.6) is 0 Å². The molecule has 0 bridgehead atoms. The number of benzene rings is 7. The number of thiazole rings is 2. The summed E-state index contributed by atoms with van der Waals surface area (Å²) in [4.78, 5) is 9.87. The predicted molar refractivity (Wildman–Crippen MR) is 202 cm³/mol. The highest BCUT2D eigenvalue weighted by atomic mass is 32.1. The van der Waals surface area contributed by atoms with E-state index in [1.54, 1.807) is 22.7 Å². The van der Waals surface area contributed by atoms with E-state index in [4.69, 9.17) is 9.97 Å². The highest BCUT2D eigenvalue weighted by molar-refractivity contribution is 7.22. The van der Waals surface area contributed by atoms with Crippen LogP contribution in [0.25, 0.3) is 85.7 Å². The van der Waals surface area contributed by atoms with Crippen LogP contribution in [0.3, 0.4) is 0 Å². The largest absolute Gasteiger partial charge is 0.236 e. The van der Waals surface area contributed by atoms with Crippen molar-refractivity contribution in [2.24, 2.45) is 0 Å².